The summed E-state index contributed by atoms with van der Waals surface area (Å²) in [6, 6.07) is 7.43. The van der Waals surface area contributed by atoms with Gasteiger partial charge in [0.05, 0.1) is 11.6 Å². The molecule has 0 bridgehead atoms. The Morgan fingerprint density at radius 2 is 2.22 bits per heavy atom. The fourth-order valence-corrected chi connectivity index (χ4v) is 2.30. The minimum atomic E-state index is -0.417. The number of aromatic nitrogens is 1. The Morgan fingerprint density at radius 1 is 1.44 bits per heavy atom. The Kier molecular flexibility index (Phi) is 2.33. The molecule has 1 N–H and O–H groups in total. The smallest absolute Gasteiger partial charge is 0.407 e. The van der Waals surface area contributed by atoms with Gasteiger partial charge in [-0.05, 0) is 6.07 Å². The van der Waals surface area contributed by atoms with E-state index in [0.717, 1.165) is 16.5 Å². The molecule has 0 saturated carbocycles. The van der Waals surface area contributed by atoms with Gasteiger partial charge < -0.3 is 10.1 Å². The Bertz CT molecular complexity index is 645. The fourth-order valence-electron chi connectivity index (χ4n) is 2.30. The number of amides is 1. The molecule has 5 heteroatoms. The van der Waals surface area contributed by atoms with E-state index in [1.54, 1.807) is 10.8 Å². The third-order valence-electron chi connectivity index (χ3n) is 3.13. The maximum absolute atomic E-state index is 11.6. The van der Waals surface area contributed by atoms with E-state index < -0.39 is 6.09 Å². The van der Waals surface area contributed by atoms with E-state index in [9.17, 15) is 9.59 Å². The number of alkyl carbamates (subject to hydrolysis) is 1. The summed E-state index contributed by atoms with van der Waals surface area (Å²) in [7, 11) is 0. The third kappa shape index (κ3) is 1.55. The average Bonchev–Trinajstić information content (AvgIpc) is 2.92. The van der Waals surface area contributed by atoms with Gasteiger partial charge in [-0.25, -0.2) is 4.79 Å². The van der Waals surface area contributed by atoms with Gasteiger partial charge in [0, 0.05) is 24.1 Å². The first-order valence-corrected chi connectivity index (χ1v) is 5.71. The first kappa shape index (κ1) is 10.8. The Labute approximate surface area is 103 Å². The molecule has 1 fully saturated rings. The van der Waals surface area contributed by atoms with Crippen LogP contribution in [0, 0.1) is 0 Å². The van der Waals surface area contributed by atoms with Gasteiger partial charge in [0.25, 0.3) is 0 Å². The summed E-state index contributed by atoms with van der Waals surface area (Å²) in [6.07, 6.45) is 1.35. The SMILES string of the molecule is CC(=O)n1cc([C@@H]2COC(=O)N2)c2ccccc21. The molecule has 0 unspecified atom stereocenters. The molecule has 1 aromatic heterocycles. The van der Waals surface area contributed by atoms with Gasteiger partial charge in [0.1, 0.15) is 6.61 Å². The Balaban J connectivity index is 2.17. The van der Waals surface area contributed by atoms with Crippen molar-refractivity contribution in [2.24, 2.45) is 0 Å². The number of hydrogen-bond donors (Lipinski definition) is 1. The lowest BCUT2D eigenvalue weighted by Crippen LogP contribution is -2.18. The van der Waals surface area contributed by atoms with Crippen LogP contribution in [0.5, 0.6) is 0 Å². The average molecular weight is 244 g/mol. The Hall–Kier alpha value is -2.30. The zero-order valence-electron chi connectivity index (χ0n) is 9.84. The summed E-state index contributed by atoms with van der Waals surface area (Å²) >= 11 is 0. The molecule has 3 rings (SSSR count). The second-order valence-electron chi connectivity index (χ2n) is 4.29. The minimum Gasteiger partial charge on any atom is -0.447 e. The van der Waals surface area contributed by atoms with Crippen molar-refractivity contribution in [3.05, 3.63) is 36.0 Å². The number of nitrogens with one attached hydrogen (secondary N) is 1. The van der Waals surface area contributed by atoms with E-state index in [1.807, 2.05) is 24.3 Å². The van der Waals surface area contributed by atoms with Crippen LogP contribution in [0.25, 0.3) is 10.9 Å². The summed E-state index contributed by atoms with van der Waals surface area (Å²) in [4.78, 5) is 22.7. The van der Waals surface area contributed by atoms with Crippen LogP contribution < -0.4 is 5.32 Å². The van der Waals surface area contributed by atoms with Gasteiger partial charge in [-0.2, -0.15) is 0 Å². The van der Waals surface area contributed by atoms with E-state index in [4.69, 9.17) is 4.74 Å². The number of benzene rings is 1. The van der Waals surface area contributed by atoms with E-state index in [0.29, 0.717) is 6.61 Å². The number of para-hydroxylation sites is 1. The molecule has 0 spiro atoms. The highest BCUT2D eigenvalue weighted by Gasteiger charge is 2.27. The van der Waals surface area contributed by atoms with Crippen LogP contribution in [0.15, 0.2) is 30.5 Å². The van der Waals surface area contributed by atoms with Crippen molar-refractivity contribution in [2.75, 3.05) is 6.61 Å². The van der Waals surface area contributed by atoms with Gasteiger partial charge in [0.2, 0.25) is 5.91 Å². The molecule has 1 saturated heterocycles. The standard InChI is InChI=1S/C13H12N2O3/c1-8(16)15-6-10(11-7-18-13(17)14-11)9-4-2-3-5-12(9)15/h2-6,11H,7H2,1H3,(H,14,17)/t11-/m0/s1. The number of hydrogen-bond acceptors (Lipinski definition) is 3. The predicted octanol–water partition coefficient (Wildman–Crippen LogP) is 2.08. The van der Waals surface area contributed by atoms with Gasteiger partial charge in [-0.1, -0.05) is 18.2 Å². The van der Waals surface area contributed by atoms with Crippen LogP contribution in [-0.2, 0) is 4.74 Å². The molecule has 1 atom stereocenters. The van der Waals surface area contributed by atoms with Crippen molar-refractivity contribution in [1.82, 2.24) is 9.88 Å². The van der Waals surface area contributed by atoms with E-state index in [-0.39, 0.29) is 11.9 Å². The number of fused-ring (bicyclic) bond motifs is 1. The molecule has 92 valence electrons. The van der Waals surface area contributed by atoms with Crippen molar-refractivity contribution >= 4 is 22.9 Å². The summed E-state index contributed by atoms with van der Waals surface area (Å²) in [5.41, 5.74) is 1.76. The molecule has 1 aromatic carbocycles. The third-order valence-corrected chi connectivity index (χ3v) is 3.13. The van der Waals surface area contributed by atoms with Crippen molar-refractivity contribution in [1.29, 1.82) is 0 Å². The van der Waals surface area contributed by atoms with E-state index in [1.165, 1.54) is 6.92 Å². The van der Waals surface area contributed by atoms with Crippen LogP contribution in [-0.4, -0.2) is 23.2 Å². The van der Waals surface area contributed by atoms with Crippen molar-refractivity contribution in [3.63, 3.8) is 0 Å². The van der Waals surface area contributed by atoms with Crippen molar-refractivity contribution in [3.8, 4) is 0 Å². The maximum atomic E-state index is 11.6. The molecule has 5 nitrogen and oxygen atoms in total. The fraction of sp³-hybridized carbons (Fsp3) is 0.231. The molecule has 2 aromatic rings. The zero-order valence-corrected chi connectivity index (χ0v) is 9.84. The monoisotopic (exact) mass is 244 g/mol. The summed E-state index contributed by atoms with van der Waals surface area (Å²) in [6.45, 7) is 1.81. The predicted molar refractivity (Wildman–Crippen MR) is 65.5 cm³/mol. The number of carbonyl (C=O) groups excluding carboxylic acids is 2. The van der Waals surface area contributed by atoms with Crippen molar-refractivity contribution < 1.29 is 14.3 Å². The highest BCUT2D eigenvalue weighted by molar-refractivity contribution is 5.94. The van der Waals surface area contributed by atoms with Gasteiger partial charge in [-0.3, -0.25) is 9.36 Å². The zero-order chi connectivity index (χ0) is 12.7. The van der Waals surface area contributed by atoms with Gasteiger partial charge in [0.15, 0.2) is 0 Å². The van der Waals surface area contributed by atoms with E-state index >= 15 is 0 Å². The molecule has 1 aliphatic rings. The van der Waals surface area contributed by atoms with Crippen LogP contribution in [0.2, 0.25) is 0 Å². The normalized spacial score (nSPS) is 18.7. The molecule has 0 radical (unpaired) electrons. The van der Waals surface area contributed by atoms with Crippen LogP contribution in [0.3, 0.4) is 0 Å². The molecule has 18 heavy (non-hydrogen) atoms. The molecule has 2 heterocycles. The second-order valence-corrected chi connectivity index (χ2v) is 4.29. The first-order chi connectivity index (χ1) is 8.66. The molecule has 0 aliphatic carbocycles. The number of cyclic esters (lactones) is 1. The first-order valence-electron chi connectivity index (χ1n) is 5.71. The molecular formula is C13H12N2O3. The summed E-state index contributed by atoms with van der Waals surface area (Å²) in [5.74, 6) is -0.0531. The number of rotatable bonds is 1. The van der Waals surface area contributed by atoms with E-state index in [2.05, 4.69) is 5.32 Å². The van der Waals surface area contributed by atoms with Crippen molar-refractivity contribution in [2.45, 2.75) is 13.0 Å². The largest absolute Gasteiger partial charge is 0.447 e. The lowest BCUT2D eigenvalue weighted by atomic mass is 10.1. The lowest BCUT2D eigenvalue weighted by Gasteiger charge is -2.04. The highest BCUT2D eigenvalue weighted by Crippen LogP contribution is 2.28. The highest BCUT2D eigenvalue weighted by atomic mass is 16.6. The summed E-state index contributed by atoms with van der Waals surface area (Å²) in [5, 5.41) is 3.69. The number of ether oxygens (including phenoxy) is 1. The van der Waals surface area contributed by atoms with Gasteiger partial charge >= 0.3 is 6.09 Å². The molecular weight excluding hydrogens is 232 g/mol. The molecule has 1 aliphatic heterocycles. The molecule has 1 amide bonds. The lowest BCUT2D eigenvalue weighted by molar-refractivity contribution is 0.0941. The maximum Gasteiger partial charge on any atom is 0.407 e. The quantitative estimate of drug-likeness (QED) is 0.835. The minimum absolute atomic E-state index is 0.0531. The topological polar surface area (TPSA) is 60.3 Å². The van der Waals surface area contributed by atoms with Crippen LogP contribution in [0.1, 0.15) is 23.3 Å². The second kappa shape index (κ2) is 3.87. The van der Waals surface area contributed by atoms with Crippen LogP contribution >= 0.6 is 0 Å². The Morgan fingerprint density at radius 3 is 2.89 bits per heavy atom. The number of carbonyl (C=O) groups is 2. The van der Waals surface area contributed by atoms with Crippen LogP contribution in [0.4, 0.5) is 4.79 Å². The summed E-state index contributed by atoms with van der Waals surface area (Å²) < 4.78 is 6.49. The van der Waals surface area contributed by atoms with Gasteiger partial charge in [-0.15, -0.1) is 0 Å². The number of nitrogens with zero attached hydrogens (tertiary/aromatic N) is 1.